The van der Waals surface area contributed by atoms with Gasteiger partial charge in [-0.2, -0.15) is 0 Å². The largest absolute Gasteiger partial charge is 0.328 e. The molecule has 1 unspecified atom stereocenters. The third-order valence-electron chi connectivity index (χ3n) is 1.79. The second-order valence-corrected chi connectivity index (χ2v) is 3.44. The summed E-state index contributed by atoms with van der Waals surface area (Å²) in [6, 6.07) is 0.181. The molecule has 2 N–H and O–H groups in total. The first-order chi connectivity index (χ1) is 6.22. The van der Waals surface area contributed by atoms with Gasteiger partial charge in [-0.3, -0.25) is 0 Å². The van der Waals surface area contributed by atoms with Gasteiger partial charge in [-0.05, 0) is 25.3 Å². The highest BCUT2D eigenvalue weighted by Gasteiger charge is 1.99. The summed E-state index contributed by atoms with van der Waals surface area (Å²) in [5.41, 5.74) is 6.79. The van der Waals surface area contributed by atoms with Gasteiger partial charge in [-0.25, -0.2) is 9.97 Å². The summed E-state index contributed by atoms with van der Waals surface area (Å²) in [7, 11) is 0. The summed E-state index contributed by atoms with van der Waals surface area (Å²) in [6.07, 6.45) is 6.65. The fraction of sp³-hybridized carbons (Fsp3) is 0.600. The average Bonchev–Trinajstić information content (AvgIpc) is 2.08. The number of nitrogens with two attached hydrogens (primary N) is 1. The average molecular weight is 179 g/mol. The molecule has 0 aliphatic carbocycles. The van der Waals surface area contributed by atoms with Gasteiger partial charge in [0.15, 0.2) is 0 Å². The number of hydrogen-bond acceptors (Lipinski definition) is 3. The van der Waals surface area contributed by atoms with Crippen LogP contribution in [-0.4, -0.2) is 16.0 Å². The monoisotopic (exact) mass is 179 g/mol. The second-order valence-electron chi connectivity index (χ2n) is 3.44. The van der Waals surface area contributed by atoms with E-state index < -0.39 is 0 Å². The van der Waals surface area contributed by atoms with Crippen molar-refractivity contribution < 1.29 is 0 Å². The molecule has 72 valence electrons. The first-order valence-electron chi connectivity index (χ1n) is 4.77. The van der Waals surface area contributed by atoms with Crippen LogP contribution in [0, 0.1) is 0 Å². The lowest BCUT2D eigenvalue weighted by Crippen LogP contribution is -2.18. The molecule has 0 bridgehead atoms. The van der Waals surface area contributed by atoms with Crippen molar-refractivity contribution in [1.29, 1.82) is 0 Å². The molecule has 0 aliphatic heterocycles. The Balaban J connectivity index is 2.59. The van der Waals surface area contributed by atoms with E-state index in [1.165, 1.54) is 0 Å². The van der Waals surface area contributed by atoms with Gasteiger partial charge in [-0.15, -0.1) is 0 Å². The van der Waals surface area contributed by atoms with Crippen molar-refractivity contribution >= 4 is 0 Å². The van der Waals surface area contributed by atoms with Crippen molar-refractivity contribution in [1.82, 2.24) is 9.97 Å². The van der Waals surface area contributed by atoms with E-state index in [1.807, 2.05) is 19.3 Å². The standard InChI is InChI=1S/C10H17N3/c1-3-4-10-12-6-9(7-13-10)5-8(2)11/h6-8H,3-5,11H2,1-2H3. The molecule has 0 radical (unpaired) electrons. The van der Waals surface area contributed by atoms with Gasteiger partial charge in [0, 0.05) is 24.9 Å². The van der Waals surface area contributed by atoms with Crippen molar-refractivity contribution in [3.63, 3.8) is 0 Å². The highest BCUT2D eigenvalue weighted by molar-refractivity contribution is 5.06. The molecule has 13 heavy (non-hydrogen) atoms. The predicted molar refractivity (Wildman–Crippen MR) is 53.4 cm³/mol. The molecule has 1 aromatic rings. The Morgan fingerprint density at radius 3 is 2.46 bits per heavy atom. The molecule has 0 fully saturated rings. The Morgan fingerprint density at radius 2 is 2.00 bits per heavy atom. The van der Waals surface area contributed by atoms with Gasteiger partial charge in [0.1, 0.15) is 5.82 Å². The van der Waals surface area contributed by atoms with Crippen molar-refractivity contribution in [2.24, 2.45) is 5.73 Å². The van der Waals surface area contributed by atoms with E-state index in [4.69, 9.17) is 5.73 Å². The number of hydrogen-bond donors (Lipinski definition) is 1. The van der Waals surface area contributed by atoms with Crippen LogP contribution in [0.4, 0.5) is 0 Å². The molecule has 0 spiro atoms. The summed E-state index contributed by atoms with van der Waals surface area (Å²) < 4.78 is 0. The second kappa shape index (κ2) is 4.92. The molecule has 1 aromatic heterocycles. The lowest BCUT2D eigenvalue weighted by molar-refractivity contribution is 0.726. The fourth-order valence-corrected chi connectivity index (χ4v) is 1.21. The quantitative estimate of drug-likeness (QED) is 0.758. The Kier molecular flexibility index (Phi) is 3.83. The van der Waals surface area contributed by atoms with E-state index in [9.17, 15) is 0 Å². The molecule has 0 saturated carbocycles. The zero-order valence-corrected chi connectivity index (χ0v) is 8.33. The molecular weight excluding hydrogens is 162 g/mol. The molecule has 1 atom stereocenters. The van der Waals surface area contributed by atoms with Gasteiger partial charge in [0.05, 0.1) is 0 Å². The normalized spacial score (nSPS) is 12.8. The van der Waals surface area contributed by atoms with E-state index in [-0.39, 0.29) is 6.04 Å². The zero-order valence-electron chi connectivity index (χ0n) is 8.33. The van der Waals surface area contributed by atoms with Crippen LogP contribution in [0.5, 0.6) is 0 Å². The van der Waals surface area contributed by atoms with Gasteiger partial charge in [-0.1, -0.05) is 6.92 Å². The topological polar surface area (TPSA) is 51.8 Å². The van der Waals surface area contributed by atoms with Crippen LogP contribution in [0.2, 0.25) is 0 Å². The molecule has 1 heterocycles. The molecule has 3 heteroatoms. The van der Waals surface area contributed by atoms with Gasteiger partial charge < -0.3 is 5.73 Å². The van der Waals surface area contributed by atoms with E-state index >= 15 is 0 Å². The van der Waals surface area contributed by atoms with Crippen molar-refractivity contribution in [3.05, 3.63) is 23.8 Å². The highest BCUT2D eigenvalue weighted by atomic mass is 14.9. The maximum atomic E-state index is 5.67. The number of rotatable bonds is 4. The first-order valence-corrected chi connectivity index (χ1v) is 4.77. The van der Waals surface area contributed by atoms with Crippen molar-refractivity contribution in [2.75, 3.05) is 0 Å². The zero-order chi connectivity index (χ0) is 9.68. The van der Waals surface area contributed by atoms with Crippen LogP contribution in [0.25, 0.3) is 0 Å². The van der Waals surface area contributed by atoms with E-state index in [0.29, 0.717) is 0 Å². The Bertz CT molecular complexity index is 241. The summed E-state index contributed by atoms with van der Waals surface area (Å²) in [6.45, 7) is 4.11. The van der Waals surface area contributed by atoms with Crippen LogP contribution in [0.3, 0.4) is 0 Å². The fourth-order valence-electron chi connectivity index (χ4n) is 1.21. The van der Waals surface area contributed by atoms with Crippen LogP contribution < -0.4 is 5.73 Å². The summed E-state index contributed by atoms with van der Waals surface area (Å²) in [5, 5.41) is 0. The van der Waals surface area contributed by atoms with Crippen LogP contribution >= 0.6 is 0 Å². The first kappa shape index (κ1) is 10.1. The maximum absolute atomic E-state index is 5.67. The Hall–Kier alpha value is -0.960. The van der Waals surface area contributed by atoms with E-state index in [1.54, 1.807) is 0 Å². The van der Waals surface area contributed by atoms with Gasteiger partial charge >= 0.3 is 0 Å². The number of nitrogens with zero attached hydrogens (tertiary/aromatic N) is 2. The van der Waals surface area contributed by atoms with E-state index in [2.05, 4.69) is 16.9 Å². The third-order valence-corrected chi connectivity index (χ3v) is 1.79. The molecule has 0 saturated heterocycles. The lowest BCUT2D eigenvalue weighted by Gasteiger charge is -2.04. The molecule has 0 aromatic carbocycles. The van der Waals surface area contributed by atoms with Crippen LogP contribution in [-0.2, 0) is 12.8 Å². The molecular formula is C10H17N3. The smallest absolute Gasteiger partial charge is 0.128 e. The lowest BCUT2D eigenvalue weighted by atomic mass is 10.1. The predicted octanol–water partition coefficient (Wildman–Crippen LogP) is 1.32. The van der Waals surface area contributed by atoms with E-state index in [0.717, 1.165) is 30.7 Å². The summed E-state index contributed by atoms with van der Waals surface area (Å²) in [4.78, 5) is 8.51. The Morgan fingerprint density at radius 1 is 1.38 bits per heavy atom. The summed E-state index contributed by atoms with van der Waals surface area (Å²) >= 11 is 0. The Labute approximate surface area is 79.4 Å². The third kappa shape index (κ3) is 3.51. The maximum Gasteiger partial charge on any atom is 0.128 e. The molecule has 1 rings (SSSR count). The number of aryl methyl sites for hydroxylation is 1. The minimum atomic E-state index is 0.181. The van der Waals surface area contributed by atoms with Crippen molar-refractivity contribution in [2.45, 2.75) is 39.2 Å². The van der Waals surface area contributed by atoms with Crippen LogP contribution in [0.15, 0.2) is 12.4 Å². The minimum Gasteiger partial charge on any atom is -0.328 e. The molecule has 3 nitrogen and oxygen atoms in total. The molecule has 0 amide bonds. The highest BCUT2D eigenvalue weighted by Crippen LogP contribution is 2.00. The van der Waals surface area contributed by atoms with Crippen molar-refractivity contribution in [3.8, 4) is 0 Å². The van der Waals surface area contributed by atoms with Gasteiger partial charge in [0.2, 0.25) is 0 Å². The van der Waals surface area contributed by atoms with Gasteiger partial charge in [0.25, 0.3) is 0 Å². The van der Waals surface area contributed by atoms with Crippen LogP contribution in [0.1, 0.15) is 31.7 Å². The number of aromatic nitrogens is 2. The minimum absolute atomic E-state index is 0.181. The summed E-state index contributed by atoms with van der Waals surface area (Å²) in [5.74, 6) is 0.927. The molecule has 0 aliphatic rings. The SMILES string of the molecule is CCCc1ncc(CC(C)N)cn1.